The number of nitrogens with zero attached hydrogens (tertiary/aromatic N) is 1. The van der Waals surface area contributed by atoms with E-state index in [-0.39, 0.29) is 5.15 Å². The van der Waals surface area contributed by atoms with Gasteiger partial charge in [0, 0.05) is 27.9 Å². The summed E-state index contributed by atoms with van der Waals surface area (Å²) in [6.07, 6.45) is 2.19. The van der Waals surface area contributed by atoms with E-state index in [4.69, 9.17) is 34.8 Å². The molecule has 2 aromatic rings. The lowest BCUT2D eigenvalue weighted by Crippen LogP contribution is -1.92. The Labute approximate surface area is 113 Å². The van der Waals surface area contributed by atoms with E-state index < -0.39 is 0 Å². The third-order valence-corrected chi connectivity index (χ3v) is 3.10. The molecule has 0 N–H and O–H groups in total. The summed E-state index contributed by atoms with van der Waals surface area (Å²) in [6, 6.07) is 6.57. The monoisotopic (exact) mass is 285 g/mol. The molecule has 0 atom stereocenters. The summed E-state index contributed by atoms with van der Waals surface area (Å²) in [5.74, 6) is 0. The van der Waals surface area contributed by atoms with Gasteiger partial charge < -0.3 is 0 Å². The van der Waals surface area contributed by atoms with Crippen molar-refractivity contribution in [3.8, 4) is 11.1 Å². The molecule has 2 nitrogen and oxygen atoms in total. The Hall–Kier alpha value is -1.09. The fraction of sp³-hybridized carbons (Fsp3) is 0. The Kier molecular flexibility index (Phi) is 3.67. The highest BCUT2D eigenvalue weighted by Crippen LogP contribution is 2.35. The van der Waals surface area contributed by atoms with Crippen molar-refractivity contribution < 1.29 is 4.79 Å². The molecule has 0 aliphatic carbocycles. The summed E-state index contributed by atoms with van der Waals surface area (Å²) in [6.45, 7) is 0. The van der Waals surface area contributed by atoms with E-state index in [9.17, 15) is 4.79 Å². The highest BCUT2D eigenvalue weighted by Gasteiger charge is 2.13. The molecule has 1 heterocycles. The van der Waals surface area contributed by atoms with Crippen LogP contribution >= 0.6 is 34.8 Å². The van der Waals surface area contributed by atoms with Crippen LogP contribution < -0.4 is 0 Å². The third-order valence-electron chi connectivity index (χ3n) is 2.26. The Morgan fingerprint density at radius 1 is 1.12 bits per heavy atom. The molecule has 0 bridgehead atoms. The minimum absolute atomic E-state index is 0.235. The lowest BCUT2D eigenvalue weighted by molar-refractivity contribution is 0.112. The quantitative estimate of drug-likeness (QED) is 0.600. The van der Waals surface area contributed by atoms with Gasteiger partial charge in [-0.15, -0.1) is 0 Å². The van der Waals surface area contributed by atoms with E-state index in [0.717, 1.165) is 0 Å². The summed E-state index contributed by atoms with van der Waals surface area (Å²) < 4.78 is 0. The minimum atomic E-state index is 0.235. The molecular formula is C12H6Cl3NO. The second kappa shape index (κ2) is 5.05. The van der Waals surface area contributed by atoms with Crippen LogP contribution in [0, 0.1) is 0 Å². The maximum Gasteiger partial charge on any atom is 0.150 e. The number of aromatic nitrogens is 1. The summed E-state index contributed by atoms with van der Waals surface area (Å²) in [7, 11) is 0. The largest absolute Gasteiger partial charge is 0.298 e. The molecular weight excluding hydrogens is 280 g/mol. The van der Waals surface area contributed by atoms with Crippen molar-refractivity contribution in [2.24, 2.45) is 0 Å². The fourth-order valence-electron chi connectivity index (χ4n) is 1.51. The first-order valence-electron chi connectivity index (χ1n) is 4.68. The van der Waals surface area contributed by atoms with E-state index >= 15 is 0 Å². The van der Waals surface area contributed by atoms with Crippen LogP contribution in [0.5, 0.6) is 0 Å². The number of halogens is 3. The van der Waals surface area contributed by atoms with E-state index in [1.165, 1.54) is 6.20 Å². The predicted molar refractivity (Wildman–Crippen MR) is 70.1 cm³/mol. The number of aldehydes is 1. The molecule has 1 aromatic heterocycles. The maximum atomic E-state index is 11.0. The number of carbonyl (C=O) groups is 1. The first-order chi connectivity index (χ1) is 8.13. The lowest BCUT2D eigenvalue weighted by Gasteiger charge is -2.08. The van der Waals surface area contributed by atoms with Crippen molar-refractivity contribution in [3.63, 3.8) is 0 Å². The van der Waals surface area contributed by atoms with Crippen LogP contribution in [0.4, 0.5) is 0 Å². The highest BCUT2D eigenvalue weighted by atomic mass is 35.5. The van der Waals surface area contributed by atoms with Gasteiger partial charge in [-0.25, -0.2) is 4.98 Å². The topological polar surface area (TPSA) is 30.0 Å². The number of rotatable bonds is 2. The number of hydrogen-bond donors (Lipinski definition) is 0. The first-order valence-corrected chi connectivity index (χ1v) is 5.82. The van der Waals surface area contributed by atoms with Crippen LogP contribution in [-0.2, 0) is 0 Å². The van der Waals surface area contributed by atoms with Crippen molar-refractivity contribution in [1.29, 1.82) is 0 Å². The molecule has 0 fully saturated rings. The normalized spacial score (nSPS) is 10.3. The smallest absolute Gasteiger partial charge is 0.150 e. The van der Waals surface area contributed by atoms with Gasteiger partial charge in [0.2, 0.25) is 0 Å². The molecule has 0 aliphatic heterocycles. The molecule has 0 saturated heterocycles. The number of benzene rings is 1. The van der Waals surface area contributed by atoms with Gasteiger partial charge in [0.25, 0.3) is 0 Å². The average Bonchev–Trinajstić information content (AvgIpc) is 2.30. The first kappa shape index (κ1) is 12.4. The van der Waals surface area contributed by atoms with E-state index in [1.54, 1.807) is 24.3 Å². The van der Waals surface area contributed by atoms with E-state index in [1.807, 2.05) is 0 Å². The van der Waals surface area contributed by atoms with E-state index in [0.29, 0.717) is 33.0 Å². The van der Waals surface area contributed by atoms with E-state index in [2.05, 4.69) is 4.98 Å². The van der Waals surface area contributed by atoms with Crippen molar-refractivity contribution in [3.05, 3.63) is 51.2 Å². The van der Waals surface area contributed by atoms with Gasteiger partial charge in [-0.1, -0.05) is 40.9 Å². The SMILES string of the molecule is O=Cc1ccnc(Cl)c1-c1ccc(Cl)cc1Cl. The molecule has 17 heavy (non-hydrogen) atoms. The van der Waals surface area contributed by atoms with Crippen molar-refractivity contribution in [1.82, 2.24) is 4.98 Å². The zero-order valence-corrected chi connectivity index (χ0v) is 10.7. The van der Waals surface area contributed by atoms with Crippen LogP contribution in [0.15, 0.2) is 30.5 Å². The second-order valence-electron chi connectivity index (χ2n) is 3.31. The zero-order valence-electron chi connectivity index (χ0n) is 8.45. The molecule has 0 unspecified atom stereocenters. The Balaban J connectivity index is 2.71. The van der Waals surface area contributed by atoms with Crippen LogP contribution in [0.2, 0.25) is 15.2 Å². The van der Waals surface area contributed by atoms with Crippen molar-refractivity contribution in [2.45, 2.75) is 0 Å². The molecule has 0 saturated carbocycles. The molecule has 0 radical (unpaired) electrons. The maximum absolute atomic E-state index is 11.0. The summed E-state index contributed by atoms with van der Waals surface area (Å²) in [4.78, 5) is 14.9. The number of carbonyl (C=O) groups excluding carboxylic acids is 1. The predicted octanol–water partition coefficient (Wildman–Crippen LogP) is 4.52. The van der Waals surface area contributed by atoms with Gasteiger partial charge in [-0.2, -0.15) is 0 Å². The number of pyridine rings is 1. The Morgan fingerprint density at radius 3 is 2.53 bits per heavy atom. The summed E-state index contributed by atoms with van der Waals surface area (Å²) in [5, 5.41) is 1.18. The zero-order chi connectivity index (χ0) is 12.4. The molecule has 86 valence electrons. The molecule has 1 aromatic carbocycles. The van der Waals surface area contributed by atoms with Gasteiger partial charge in [0.05, 0.1) is 5.02 Å². The van der Waals surface area contributed by atoms with Crippen LogP contribution in [0.1, 0.15) is 10.4 Å². The average molecular weight is 287 g/mol. The van der Waals surface area contributed by atoms with Crippen LogP contribution in [0.3, 0.4) is 0 Å². The standard InChI is InChI=1S/C12H6Cl3NO/c13-8-1-2-9(10(14)5-8)11-7(6-17)3-4-16-12(11)15/h1-6H. The number of hydrogen-bond acceptors (Lipinski definition) is 2. The van der Waals surface area contributed by atoms with Crippen molar-refractivity contribution in [2.75, 3.05) is 0 Å². The van der Waals surface area contributed by atoms with Crippen molar-refractivity contribution >= 4 is 41.1 Å². The highest BCUT2D eigenvalue weighted by molar-refractivity contribution is 6.38. The minimum Gasteiger partial charge on any atom is -0.298 e. The Morgan fingerprint density at radius 2 is 1.88 bits per heavy atom. The molecule has 2 rings (SSSR count). The summed E-state index contributed by atoms with van der Waals surface area (Å²) in [5.41, 5.74) is 1.59. The van der Waals surface area contributed by atoms with Crippen LogP contribution in [-0.4, -0.2) is 11.3 Å². The van der Waals surface area contributed by atoms with Gasteiger partial charge in [0.15, 0.2) is 6.29 Å². The molecule has 0 amide bonds. The fourth-order valence-corrected chi connectivity index (χ4v) is 2.28. The van der Waals surface area contributed by atoms with Gasteiger partial charge >= 0.3 is 0 Å². The van der Waals surface area contributed by atoms with Gasteiger partial charge in [-0.05, 0) is 18.2 Å². The molecule has 0 aliphatic rings. The van der Waals surface area contributed by atoms with Gasteiger partial charge in [0.1, 0.15) is 5.15 Å². The molecule has 0 spiro atoms. The second-order valence-corrected chi connectivity index (χ2v) is 4.51. The third kappa shape index (κ3) is 2.44. The molecule has 5 heteroatoms. The van der Waals surface area contributed by atoms with Gasteiger partial charge in [-0.3, -0.25) is 4.79 Å². The lowest BCUT2D eigenvalue weighted by atomic mass is 10.0. The summed E-state index contributed by atoms with van der Waals surface area (Å²) >= 11 is 17.9. The Bertz CT molecular complexity index is 584. The van der Waals surface area contributed by atoms with Crippen LogP contribution in [0.25, 0.3) is 11.1 Å².